The van der Waals surface area contributed by atoms with Gasteiger partial charge in [-0.3, -0.25) is 4.79 Å². The minimum Gasteiger partial charge on any atom is -0.496 e. The minimum absolute atomic E-state index is 0.102. The Hall–Kier alpha value is -2.91. The minimum atomic E-state index is -0.229. The molecule has 0 spiro atoms. The van der Waals surface area contributed by atoms with Crippen molar-refractivity contribution in [3.8, 4) is 22.9 Å². The zero-order valence-corrected chi connectivity index (χ0v) is 16.8. The van der Waals surface area contributed by atoms with E-state index in [1.807, 2.05) is 24.3 Å². The molecule has 146 valence electrons. The van der Waals surface area contributed by atoms with Crippen LogP contribution in [0.4, 0.5) is 5.69 Å². The molecule has 0 atom stereocenters. The van der Waals surface area contributed by atoms with Crippen LogP contribution in [0.15, 0.2) is 47.6 Å². The van der Waals surface area contributed by atoms with Crippen LogP contribution < -0.4 is 20.6 Å². The molecular weight excluding hydrogens is 402 g/mol. The second-order valence-electron chi connectivity index (χ2n) is 5.56. The van der Waals surface area contributed by atoms with E-state index in [4.69, 9.17) is 26.9 Å². The van der Waals surface area contributed by atoms with Crippen LogP contribution in [-0.2, 0) is 4.79 Å². The Labute approximate surface area is 171 Å². The Bertz CT molecular complexity index is 995. The lowest BCUT2D eigenvalue weighted by atomic mass is 10.2. The van der Waals surface area contributed by atoms with Crippen LogP contribution in [0.25, 0.3) is 11.4 Å². The first-order valence-electron chi connectivity index (χ1n) is 8.13. The number of rotatable bonds is 7. The summed E-state index contributed by atoms with van der Waals surface area (Å²) in [5.74, 6) is 7.59. The number of hydrogen-bond acceptors (Lipinski definition) is 7. The second-order valence-corrected chi connectivity index (χ2v) is 6.91. The van der Waals surface area contributed by atoms with Gasteiger partial charge in [-0.25, -0.2) is 4.68 Å². The van der Waals surface area contributed by atoms with Crippen molar-refractivity contribution in [1.82, 2.24) is 14.9 Å². The highest BCUT2D eigenvalue weighted by Gasteiger charge is 2.16. The van der Waals surface area contributed by atoms with Crippen LogP contribution in [0.3, 0.4) is 0 Å². The number of aromatic nitrogens is 3. The van der Waals surface area contributed by atoms with Crippen LogP contribution >= 0.6 is 23.4 Å². The van der Waals surface area contributed by atoms with Gasteiger partial charge < -0.3 is 20.6 Å². The maximum atomic E-state index is 12.2. The standard InChI is InChI=1S/C18H18ClN5O3S/c1-26-14-6-4-3-5-12(14)17-22-23-18(24(17)20)28-10-16(25)21-11-7-8-15(27-2)13(19)9-11/h3-9H,10,20H2,1-2H3,(H,21,25). The number of methoxy groups -OCH3 is 2. The lowest BCUT2D eigenvalue weighted by molar-refractivity contribution is -0.113. The van der Waals surface area contributed by atoms with Gasteiger partial charge in [0.05, 0.1) is 30.6 Å². The summed E-state index contributed by atoms with van der Waals surface area (Å²) in [7, 11) is 3.10. The number of carbonyl (C=O) groups excluding carboxylic acids is 1. The first-order valence-corrected chi connectivity index (χ1v) is 9.50. The van der Waals surface area contributed by atoms with Crippen LogP contribution in [0, 0.1) is 0 Å². The molecule has 8 nitrogen and oxygen atoms in total. The van der Waals surface area contributed by atoms with Gasteiger partial charge in [-0.1, -0.05) is 35.5 Å². The van der Waals surface area contributed by atoms with Crippen LogP contribution in [-0.4, -0.2) is 40.8 Å². The number of amides is 1. The number of anilines is 1. The molecular formula is C18H18ClN5O3S. The first-order chi connectivity index (χ1) is 13.5. The van der Waals surface area contributed by atoms with Gasteiger partial charge in [-0.15, -0.1) is 10.2 Å². The largest absolute Gasteiger partial charge is 0.496 e. The molecule has 10 heteroatoms. The van der Waals surface area contributed by atoms with E-state index in [0.717, 1.165) is 0 Å². The van der Waals surface area contributed by atoms with E-state index in [9.17, 15) is 4.79 Å². The van der Waals surface area contributed by atoms with Gasteiger partial charge in [-0.05, 0) is 30.3 Å². The lowest BCUT2D eigenvalue weighted by Crippen LogP contribution is -2.16. The molecule has 0 bridgehead atoms. The molecule has 28 heavy (non-hydrogen) atoms. The zero-order valence-electron chi connectivity index (χ0n) is 15.2. The molecule has 3 N–H and O–H groups in total. The number of nitrogens with zero attached hydrogens (tertiary/aromatic N) is 3. The molecule has 1 heterocycles. The lowest BCUT2D eigenvalue weighted by Gasteiger charge is -2.09. The van der Waals surface area contributed by atoms with Crippen molar-refractivity contribution in [2.75, 3.05) is 31.1 Å². The van der Waals surface area contributed by atoms with E-state index < -0.39 is 0 Å². The Morgan fingerprint density at radius 3 is 2.64 bits per heavy atom. The molecule has 3 aromatic rings. The molecule has 1 aromatic heterocycles. The van der Waals surface area contributed by atoms with E-state index in [1.165, 1.54) is 23.5 Å². The Morgan fingerprint density at radius 1 is 1.18 bits per heavy atom. The highest BCUT2D eigenvalue weighted by molar-refractivity contribution is 7.99. The summed E-state index contributed by atoms with van der Waals surface area (Å²) >= 11 is 7.23. The average Bonchev–Trinajstić information content (AvgIpc) is 3.06. The third kappa shape index (κ3) is 4.32. The van der Waals surface area contributed by atoms with Crippen molar-refractivity contribution in [1.29, 1.82) is 0 Å². The molecule has 0 saturated heterocycles. The van der Waals surface area contributed by atoms with Gasteiger partial charge in [0.2, 0.25) is 11.1 Å². The van der Waals surface area contributed by atoms with Crippen LogP contribution in [0.5, 0.6) is 11.5 Å². The topological polar surface area (TPSA) is 104 Å². The molecule has 0 aliphatic heterocycles. The third-order valence-corrected chi connectivity index (χ3v) is 5.02. The zero-order chi connectivity index (χ0) is 20.1. The summed E-state index contributed by atoms with van der Waals surface area (Å²) in [4.78, 5) is 12.2. The number of halogens is 1. The van der Waals surface area contributed by atoms with Gasteiger partial charge in [0.15, 0.2) is 5.82 Å². The highest BCUT2D eigenvalue weighted by Crippen LogP contribution is 2.30. The maximum absolute atomic E-state index is 12.2. The fourth-order valence-corrected chi connectivity index (χ4v) is 3.37. The number of hydrogen-bond donors (Lipinski definition) is 2. The first kappa shape index (κ1) is 19.8. The van der Waals surface area contributed by atoms with E-state index in [1.54, 1.807) is 25.3 Å². The van der Waals surface area contributed by atoms with Crippen molar-refractivity contribution >= 4 is 35.0 Å². The number of para-hydroxylation sites is 1. The highest BCUT2D eigenvalue weighted by atomic mass is 35.5. The molecule has 0 aliphatic carbocycles. The molecule has 0 unspecified atom stereocenters. The number of nitrogen functional groups attached to an aromatic ring is 1. The molecule has 1 amide bonds. The Morgan fingerprint density at radius 2 is 1.93 bits per heavy atom. The predicted octanol–water partition coefficient (Wildman–Crippen LogP) is 3.06. The second kappa shape index (κ2) is 8.85. The summed E-state index contributed by atoms with van der Waals surface area (Å²) in [6.45, 7) is 0. The normalized spacial score (nSPS) is 10.5. The predicted molar refractivity (Wildman–Crippen MR) is 110 cm³/mol. The third-order valence-electron chi connectivity index (χ3n) is 3.78. The summed E-state index contributed by atoms with van der Waals surface area (Å²) in [6, 6.07) is 12.4. The van der Waals surface area contributed by atoms with Gasteiger partial charge in [-0.2, -0.15) is 0 Å². The van der Waals surface area contributed by atoms with Gasteiger partial charge in [0.1, 0.15) is 11.5 Å². The fourth-order valence-electron chi connectivity index (χ4n) is 2.46. The number of nitrogens with two attached hydrogens (primary N) is 1. The van der Waals surface area contributed by atoms with Crippen molar-refractivity contribution < 1.29 is 14.3 Å². The smallest absolute Gasteiger partial charge is 0.234 e. The van der Waals surface area contributed by atoms with Crippen molar-refractivity contribution in [3.63, 3.8) is 0 Å². The van der Waals surface area contributed by atoms with E-state index in [0.29, 0.717) is 38.8 Å². The van der Waals surface area contributed by atoms with E-state index >= 15 is 0 Å². The Balaban J connectivity index is 1.66. The summed E-state index contributed by atoms with van der Waals surface area (Å²) in [6.07, 6.45) is 0. The van der Waals surface area contributed by atoms with Crippen LogP contribution in [0.1, 0.15) is 0 Å². The average molecular weight is 420 g/mol. The van der Waals surface area contributed by atoms with E-state index in [2.05, 4.69) is 15.5 Å². The monoisotopic (exact) mass is 419 g/mol. The van der Waals surface area contributed by atoms with Crippen LogP contribution in [0.2, 0.25) is 5.02 Å². The molecule has 0 radical (unpaired) electrons. The van der Waals surface area contributed by atoms with Crippen molar-refractivity contribution in [2.24, 2.45) is 0 Å². The number of thioether (sulfide) groups is 1. The fraction of sp³-hybridized carbons (Fsp3) is 0.167. The number of ether oxygens (including phenoxy) is 2. The summed E-state index contributed by atoms with van der Waals surface area (Å²) in [5.41, 5.74) is 1.28. The SMILES string of the molecule is COc1ccc(NC(=O)CSc2nnc(-c3ccccc3OC)n2N)cc1Cl. The molecule has 3 rings (SSSR count). The molecule has 0 fully saturated rings. The molecule has 0 saturated carbocycles. The maximum Gasteiger partial charge on any atom is 0.234 e. The van der Waals surface area contributed by atoms with Gasteiger partial charge in [0.25, 0.3) is 0 Å². The van der Waals surface area contributed by atoms with Crippen molar-refractivity contribution in [2.45, 2.75) is 5.16 Å². The van der Waals surface area contributed by atoms with E-state index in [-0.39, 0.29) is 11.7 Å². The number of nitrogens with one attached hydrogen (secondary N) is 1. The molecule has 2 aromatic carbocycles. The molecule has 0 aliphatic rings. The quantitative estimate of drug-likeness (QED) is 0.448. The summed E-state index contributed by atoms with van der Waals surface area (Å²) < 4.78 is 11.7. The Kier molecular flexibility index (Phi) is 6.27. The van der Waals surface area contributed by atoms with Crippen molar-refractivity contribution in [3.05, 3.63) is 47.5 Å². The van der Waals surface area contributed by atoms with Gasteiger partial charge >= 0.3 is 0 Å². The number of benzene rings is 2. The summed E-state index contributed by atoms with van der Waals surface area (Å²) in [5, 5.41) is 11.8. The van der Waals surface area contributed by atoms with Gasteiger partial charge in [0, 0.05) is 5.69 Å². The number of carbonyl (C=O) groups is 1.